The van der Waals surface area contributed by atoms with Gasteiger partial charge in [0.1, 0.15) is 43.2 Å². The predicted octanol–water partition coefficient (Wildman–Crippen LogP) is 7.58. The molecular weight excluding hydrogens is 795 g/mol. The molecule has 1 aliphatic rings. The third-order valence-corrected chi connectivity index (χ3v) is 11.6. The lowest BCUT2D eigenvalue weighted by Crippen LogP contribution is -2.64. The maximum absolute atomic E-state index is 12.8. The third-order valence-electron chi connectivity index (χ3n) is 10.6. The van der Waals surface area contributed by atoms with Gasteiger partial charge in [-0.2, -0.15) is 0 Å². The fraction of sp³-hybridized carbons (Fsp3) is 0.822. The second-order valence-corrected chi connectivity index (χ2v) is 17.5. The molecule has 60 heavy (non-hydrogen) atoms. The molecule has 7 atom stereocenters. The smallest absolute Gasteiger partial charge is 0.462 e. The van der Waals surface area contributed by atoms with Crippen molar-refractivity contribution in [2.24, 2.45) is 0 Å². The van der Waals surface area contributed by atoms with Gasteiger partial charge in [-0.05, 0) is 38.5 Å². The summed E-state index contributed by atoms with van der Waals surface area (Å²) in [6, 6.07) is 0. The SMILES string of the molecule is CC/C=C/CC(O)/C=C/C=C/CCCCCCCC(=O)OC(COC(=O)CCCCCCCCCCCCCCCCC)COP(=O)(O)OC1C(O)C(O)C(O)C(O)C1O. The number of allylic oxidation sites excluding steroid dienone is 4. The molecule has 15 heteroatoms. The molecule has 1 aliphatic carbocycles. The van der Waals surface area contributed by atoms with Crippen LogP contribution in [0.1, 0.15) is 174 Å². The van der Waals surface area contributed by atoms with E-state index in [2.05, 4.69) is 6.92 Å². The van der Waals surface area contributed by atoms with Crippen LogP contribution in [0.4, 0.5) is 0 Å². The molecule has 1 saturated carbocycles. The van der Waals surface area contributed by atoms with Crippen molar-refractivity contribution in [2.45, 2.75) is 223 Å². The molecule has 0 saturated heterocycles. The molecule has 0 spiro atoms. The molecular formula is C45H81O14P. The molecule has 0 bridgehead atoms. The van der Waals surface area contributed by atoms with Crippen LogP contribution in [-0.4, -0.2) is 110 Å². The number of carbonyl (C=O) groups excluding carboxylic acids is 2. The van der Waals surface area contributed by atoms with E-state index < -0.39 is 81.8 Å². The maximum atomic E-state index is 12.8. The van der Waals surface area contributed by atoms with E-state index in [-0.39, 0.29) is 12.8 Å². The first-order chi connectivity index (χ1) is 28.8. The molecule has 0 aromatic heterocycles. The average molecular weight is 877 g/mol. The second kappa shape index (κ2) is 35.5. The molecule has 1 fully saturated rings. The summed E-state index contributed by atoms with van der Waals surface area (Å²) in [5, 5.41) is 60.0. The van der Waals surface area contributed by atoms with E-state index in [9.17, 15) is 49.7 Å². The zero-order valence-electron chi connectivity index (χ0n) is 36.6. The summed E-state index contributed by atoms with van der Waals surface area (Å²) in [6.07, 6.45) is 22.4. The molecule has 0 amide bonds. The van der Waals surface area contributed by atoms with Crippen LogP contribution in [-0.2, 0) is 32.7 Å². The van der Waals surface area contributed by atoms with Crippen LogP contribution in [0.3, 0.4) is 0 Å². The van der Waals surface area contributed by atoms with Crippen molar-refractivity contribution in [1.82, 2.24) is 0 Å². The van der Waals surface area contributed by atoms with Gasteiger partial charge in [-0.3, -0.25) is 18.6 Å². The Morgan fingerprint density at radius 1 is 0.600 bits per heavy atom. The van der Waals surface area contributed by atoms with Crippen LogP contribution in [0.25, 0.3) is 0 Å². The van der Waals surface area contributed by atoms with Crippen LogP contribution < -0.4 is 0 Å². The van der Waals surface area contributed by atoms with Crippen LogP contribution in [0, 0.1) is 0 Å². The summed E-state index contributed by atoms with van der Waals surface area (Å²) in [5.41, 5.74) is 0. The van der Waals surface area contributed by atoms with Gasteiger partial charge in [-0.15, -0.1) is 0 Å². The van der Waals surface area contributed by atoms with Gasteiger partial charge in [0, 0.05) is 12.8 Å². The van der Waals surface area contributed by atoms with Gasteiger partial charge in [-0.1, -0.05) is 159 Å². The molecule has 0 radical (unpaired) electrons. The minimum absolute atomic E-state index is 0.0515. The average Bonchev–Trinajstić information content (AvgIpc) is 3.22. The number of hydrogen-bond donors (Lipinski definition) is 7. The second-order valence-electron chi connectivity index (χ2n) is 16.1. The maximum Gasteiger partial charge on any atom is 0.472 e. The Morgan fingerprint density at radius 2 is 1.08 bits per heavy atom. The molecule has 14 nitrogen and oxygen atoms in total. The number of ether oxygens (including phenoxy) is 2. The van der Waals surface area contributed by atoms with Crippen molar-refractivity contribution in [3.8, 4) is 0 Å². The predicted molar refractivity (Wildman–Crippen MR) is 232 cm³/mol. The van der Waals surface area contributed by atoms with E-state index in [4.69, 9.17) is 18.5 Å². The number of unbranched alkanes of at least 4 members (excludes halogenated alkanes) is 19. The standard InChI is InChI=1S/C45H81O14P/c1-3-5-7-8-9-10-11-12-13-14-15-18-21-24-28-32-38(47)56-34-37(35-57-60(54,55)59-45-43(52)41(50)40(49)42(51)44(45)53)58-39(48)33-29-25-22-19-16-17-20-23-27-31-36(46)30-26-6-4-2/h6,20,23,26-27,31,36-37,40-46,49-53H,3-5,7-19,21-22,24-25,28-30,32-35H2,1-2H3,(H,54,55)/b23-20+,26-6+,31-27+. The Balaban J connectivity index is 2.49. The normalized spacial score (nSPS) is 23.0. The summed E-state index contributed by atoms with van der Waals surface area (Å²) < 4.78 is 33.5. The number of rotatable bonds is 37. The molecule has 0 heterocycles. The highest BCUT2D eigenvalue weighted by Gasteiger charge is 2.51. The summed E-state index contributed by atoms with van der Waals surface area (Å²) >= 11 is 0. The summed E-state index contributed by atoms with van der Waals surface area (Å²) in [5.74, 6) is -1.15. The first-order valence-corrected chi connectivity index (χ1v) is 24.4. The van der Waals surface area contributed by atoms with Gasteiger partial charge in [0.05, 0.1) is 12.7 Å². The Kier molecular flexibility index (Phi) is 33.1. The van der Waals surface area contributed by atoms with Gasteiger partial charge in [0.25, 0.3) is 0 Å². The lowest BCUT2D eigenvalue weighted by molar-refractivity contribution is -0.220. The van der Waals surface area contributed by atoms with Crippen LogP contribution >= 0.6 is 7.82 Å². The Hall–Kier alpha value is -1.97. The number of esters is 2. The van der Waals surface area contributed by atoms with Gasteiger partial charge in [0.15, 0.2) is 6.10 Å². The summed E-state index contributed by atoms with van der Waals surface area (Å²) in [6.45, 7) is 3.07. The number of phosphoric ester groups is 1. The van der Waals surface area contributed by atoms with Crippen molar-refractivity contribution in [2.75, 3.05) is 13.2 Å². The quantitative estimate of drug-likeness (QED) is 0.0105. The van der Waals surface area contributed by atoms with Gasteiger partial charge in [-0.25, -0.2) is 4.57 Å². The number of carbonyl (C=O) groups is 2. The third kappa shape index (κ3) is 27.9. The van der Waals surface area contributed by atoms with Crippen molar-refractivity contribution in [3.63, 3.8) is 0 Å². The summed E-state index contributed by atoms with van der Waals surface area (Å²) in [7, 11) is -5.13. The fourth-order valence-electron chi connectivity index (χ4n) is 6.85. The fourth-order valence-corrected chi connectivity index (χ4v) is 7.83. The van der Waals surface area contributed by atoms with Crippen LogP contribution in [0.5, 0.6) is 0 Å². The van der Waals surface area contributed by atoms with Gasteiger partial charge < -0.3 is 45.0 Å². The Bertz CT molecular complexity index is 1210. The number of aliphatic hydroxyl groups excluding tert-OH is 6. The number of aliphatic hydroxyl groups is 6. The minimum atomic E-state index is -5.13. The largest absolute Gasteiger partial charge is 0.472 e. The van der Waals surface area contributed by atoms with E-state index in [0.717, 1.165) is 57.8 Å². The Morgan fingerprint density at radius 3 is 1.62 bits per heavy atom. The monoisotopic (exact) mass is 877 g/mol. The highest BCUT2D eigenvalue weighted by atomic mass is 31.2. The van der Waals surface area contributed by atoms with Crippen molar-refractivity contribution in [3.05, 3.63) is 36.5 Å². The first-order valence-electron chi connectivity index (χ1n) is 22.9. The van der Waals surface area contributed by atoms with Crippen LogP contribution in [0.15, 0.2) is 36.5 Å². The zero-order valence-corrected chi connectivity index (χ0v) is 37.5. The topological polar surface area (TPSA) is 230 Å². The molecule has 350 valence electrons. The van der Waals surface area contributed by atoms with Gasteiger partial charge in [0.2, 0.25) is 0 Å². The van der Waals surface area contributed by atoms with E-state index >= 15 is 0 Å². The molecule has 7 N–H and O–H groups in total. The van der Waals surface area contributed by atoms with E-state index in [1.54, 1.807) is 6.08 Å². The van der Waals surface area contributed by atoms with Crippen molar-refractivity contribution < 1.29 is 68.2 Å². The lowest BCUT2D eigenvalue weighted by Gasteiger charge is -2.41. The molecule has 7 unspecified atom stereocenters. The van der Waals surface area contributed by atoms with E-state index in [0.29, 0.717) is 19.3 Å². The molecule has 0 aliphatic heterocycles. The zero-order chi connectivity index (χ0) is 44.4. The highest BCUT2D eigenvalue weighted by Crippen LogP contribution is 2.47. The van der Waals surface area contributed by atoms with Crippen LogP contribution in [0.2, 0.25) is 0 Å². The Labute approximate surface area is 360 Å². The van der Waals surface area contributed by atoms with E-state index in [1.807, 2.05) is 37.3 Å². The highest BCUT2D eigenvalue weighted by molar-refractivity contribution is 7.47. The molecule has 0 aromatic carbocycles. The number of hydrogen-bond acceptors (Lipinski definition) is 13. The lowest BCUT2D eigenvalue weighted by atomic mass is 9.85. The minimum Gasteiger partial charge on any atom is -0.462 e. The van der Waals surface area contributed by atoms with Gasteiger partial charge >= 0.3 is 19.8 Å². The first kappa shape index (κ1) is 56.0. The summed E-state index contributed by atoms with van der Waals surface area (Å²) in [4.78, 5) is 35.7. The van der Waals surface area contributed by atoms with E-state index in [1.165, 1.54) is 70.6 Å². The molecule has 1 rings (SSSR count). The van der Waals surface area contributed by atoms with Crippen molar-refractivity contribution in [1.29, 1.82) is 0 Å². The molecule has 0 aromatic rings. The van der Waals surface area contributed by atoms with Crippen molar-refractivity contribution >= 4 is 19.8 Å². The number of phosphoric acid groups is 1.